The summed E-state index contributed by atoms with van der Waals surface area (Å²) >= 11 is 0. The smallest absolute Gasteiger partial charge is 0.270 e. The van der Waals surface area contributed by atoms with E-state index in [1.807, 2.05) is 4.90 Å². The predicted molar refractivity (Wildman–Crippen MR) is 75.1 cm³/mol. The lowest BCUT2D eigenvalue weighted by atomic mass is 9.91. The van der Waals surface area contributed by atoms with Crippen molar-refractivity contribution in [3.63, 3.8) is 0 Å². The van der Waals surface area contributed by atoms with Crippen molar-refractivity contribution in [2.75, 3.05) is 18.0 Å². The van der Waals surface area contributed by atoms with Crippen LogP contribution >= 0.6 is 0 Å². The van der Waals surface area contributed by atoms with Crippen LogP contribution in [0, 0.1) is 16.0 Å². The molecule has 0 bridgehead atoms. The van der Waals surface area contributed by atoms with Gasteiger partial charge in [0.15, 0.2) is 6.29 Å². The van der Waals surface area contributed by atoms with Crippen molar-refractivity contribution < 1.29 is 14.8 Å². The highest BCUT2D eigenvalue weighted by Gasteiger charge is 2.24. The van der Waals surface area contributed by atoms with Gasteiger partial charge in [-0.15, -0.1) is 0 Å². The van der Waals surface area contributed by atoms with Gasteiger partial charge in [-0.2, -0.15) is 0 Å². The molecule has 20 heavy (non-hydrogen) atoms. The monoisotopic (exact) mass is 278 g/mol. The summed E-state index contributed by atoms with van der Waals surface area (Å²) in [6, 6.07) is 4.36. The molecule has 0 amide bonds. The molecule has 1 atom stereocenters. The van der Waals surface area contributed by atoms with E-state index < -0.39 is 4.92 Å². The number of carbonyl (C=O) groups excluding carboxylic acids is 1. The van der Waals surface area contributed by atoms with E-state index in [-0.39, 0.29) is 17.7 Å². The second kappa shape index (κ2) is 6.00. The molecule has 0 spiro atoms. The molecule has 1 aromatic carbocycles. The Morgan fingerprint density at radius 1 is 1.45 bits per heavy atom. The molecule has 1 saturated heterocycles. The lowest BCUT2D eigenvalue weighted by Crippen LogP contribution is -2.37. The van der Waals surface area contributed by atoms with Crippen molar-refractivity contribution in [2.45, 2.75) is 25.9 Å². The second-order valence-electron chi connectivity index (χ2n) is 5.18. The molecule has 6 heteroatoms. The third-order valence-corrected chi connectivity index (χ3v) is 3.91. The van der Waals surface area contributed by atoms with Crippen LogP contribution in [-0.2, 0) is 0 Å². The maximum atomic E-state index is 11.1. The maximum Gasteiger partial charge on any atom is 0.270 e. The van der Waals surface area contributed by atoms with E-state index in [0.29, 0.717) is 11.8 Å². The van der Waals surface area contributed by atoms with Crippen LogP contribution in [0.1, 0.15) is 30.1 Å². The number of nitrogens with zero attached hydrogens (tertiary/aromatic N) is 2. The fourth-order valence-corrected chi connectivity index (χ4v) is 2.66. The number of benzene rings is 1. The molecule has 1 heterocycles. The average Bonchev–Trinajstić information content (AvgIpc) is 2.46. The van der Waals surface area contributed by atoms with Crippen LogP contribution in [0.15, 0.2) is 18.2 Å². The van der Waals surface area contributed by atoms with Crippen molar-refractivity contribution in [1.82, 2.24) is 0 Å². The molecule has 0 saturated carbocycles. The zero-order valence-corrected chi connectivity index (χ0v) is 11.4. The normalized spacial score (nSPS) is 17.8. The molecule has 1 N–H and O–H groups in total. The SMILES string of the molecule is CC(O)C1CCN(c2ccc([N+](=O)[O-])cc2C=O)CC1. The summed E-state index contributed by atoms with van der Waals surface area (Å²) in [5.41, 5.74) is 0.999. The quantitative estimate of drug-likeness (QED) is 0.517. The number of hydrogen-bond acceptors (Lipinski definition) is 5. The lowest BCUT2D eigenvalue weighted by molar-refractivity contribution is -0.384. The van der Waals surface area contributed by atoms with Crippen LogP contribution in [0.2, 0.25) is 0 Å². The molecule has 1 unspecified atom stereocenters. The van der Waals surface area contributed by atoms with E-state index in [0.717, 1.165) is 31.6 Å². The first kappa shape index (κ1) is 14.5. The zero-order chi connectivity index (χ0) is 14.7. The van der Waals surface area contributed by atoms with Crippen LogP contribution in [0.3, 0.4) is 0 Å². The summed E-state index contributed by atoms with van der Waals surface area (Å²) in [6.07, 6.45) is 2.04. The van der Waals surface area contributed by atoms with Crippen molar-refractivity contribution in [3.05, 3.63) is 33.9 Å². The van der Waals surface area contributed by atoms with Gasteiger partial charge in [-0.05, 0) is 31.7 Å². The van der Waals surface area contributed by atoms with Crippen molar-refractivity contribution >= 4 is 17.7 Å². The standard InChI is InChI=1S/C14H18N2O4/c1-10(18)11-4-6-15(7-5-11)14-3-2-13(16(19)20)8-12(14)9-17/h2-3,8-11,18H,4-7H2,1H3. The molecular formula is C14H18N2O4. The highest BCUT2D eigenvalue weighted by molar-refractivity contribution is 5.86. The Morgan fingerprint density at radius 2 is 2.10 bits per heavy atom. The van der Waals surface area contributed by atoms with Gasteiger partial charge in [0.25, 0.3) is 5.69 Å². The van der Waals surface area contributed by atoms with Crippen molar-refractivity contribution in [2.24, 2.45) is 5.92 Å². The number of rotatable bonds is 4. The van der Waals surface area contributed by atoms with Gasteiger partial charge in [0.2, 0.25) is 0 Å². The van der Waals surface area contributed by atoms with E-state index in [2.05, 4.69) is 0 Å². The minimum absolute atomic E-state index is 0.0743. The number of hydrogen-bond donors (Lipinski definition) is 1. The van der Waals surface area contributed by atoms with Gasteiger partial charge in [0.1, 0.15) is 0 Å². The van der Waals surface area contributed by atoms with Crippen molar-refractivity contribution in [3.8, 4) is 0 Å². The van der Waals surface area contributed by atoms with E-state index in [4.69, 9.17) is 0 Å². The molecule has 1 aromatic rings. The molecule has 0 aromatic heterocycles. The summed E-state index contributed by atoms with van der Waals surface area (Å²) in [5, 5.41) is 20.3. The van der Waals surface area contributed by atoms with Gasteiger partial charge in [0, 0.05) is 36.5 Å². The molecule has 1 aliphatic heterocycles. The number of anilines is 1. The van der Waals surface area contributed by atoms with Crippen LogP contribution in [0.4, 0.5) is 11.4 Å². The summed E-state index contributed by atoms with van der Waals surface area (Å²) in [7, 11) is 0. The average molecular weight is 278 g/mol. The highest BCUT2D eigenvalue weighted by Crippen LogP contribution is 2.29. The molecule has 2 rings (SSSR count). The van der Waals surface area contributed by atoms with Gasteiger partial charge >= 0.3 is 0 Å². The fraction of sp³-hybridized carbons (Fsp3) is 0.500. The van der Waals surface area contributed by atoms with E-state index in [1.54, 1.807) is 13.0 Å². The van der Waals surface area contributed by atoms with Crippen LogP contribution in [0.5, 0.6) is 0 Å². The Kier molecular flexibility index (Phi) is 4.34. The van der Waals surface area contributed by atoms with E-state index in [9.17, 15) is 20.0 Å². The van der Waals surface area contributed by atoms with Gasteiger partial charge in [0.05, 0.1) is 11.0 Å². The number of aliphatic hydroxyl groups excluding tert-OH is 1. The Balaban J connectivity index is 2.17. The summed E-state index contributed by atoms with van der Waals surface area (Å²) in [4.78, 5) is 23.4. The highest BCUT2D eigenvalue weighted by atomic mass is 16.6. The van der Waals surface area contributed by atoms with Crippen LogP contribution in [-0.4, -0.2) is 35.5 Å². The Labute approximate surface area is 117 Å². The fourth-order valence-electron chi connectivity index (χ4n) is 2.66. The van der Waals surface area contributed by atoms with Crippen molar-refractivity contribution in [1.29, 1.82) is 0 Å². The number of carbonyl (C=O) groups is 1. The van der Waals surface area contributed by atoms with E-state index in [1.165, 1.54) is 12.1 Å². The summed E-state index contributed by atoms with van der Waals surface area (Å²) < 4.78 is 0. The van der Waals surface area contributed by atoms with Gasteiger partial charge < -0.3 is 10.0 Å². The number of nitro groups is 1. The first-order valence-corrected chi connectivity index (χ1v) is 6.69. The van der Waals surface area contributed by atoms with Crippen LogP contribution in [0.25, 0.3) is 0 Å². The molecule has 0 radical (unpaired) electrons. The number of nitro benzene ring substituents is 1. The molecule has 1 fully saturated rings. The maximum absolute atomic E-state index is 11.1. The van der Waals surface area contributed by atoms with E-state index >= 15 is 0 Å². The molecule has 0 aliphatic carbocycles. The summed E-state index contributed by atoms with van der Waals surface area (Å²) in [6.45, 7) is 3.28. The lowest BCUT2D eigenvalue weighted by Gasteiger charge is -2.35. The Hall–Kier alpha value is -1.95. The van der Waals surface area contributed by atoms with Gasteiger partial charge in [-0.1, -0.05) is 0 Å². The molecule has 6 nitrogen and oxygen atoms in total. The topological polar surface area (TPSA) is 83.7 Å². The number of aldehydes is 1. The molecule has 1 aliphatic rings. The first-order chi connectivity index (χ1) is 9.52. The molecular weight excluding hydrogens is 260 g/mol. The Morgan fingerprint density at radius 3 is 2.60 bits per heavy atom. The Bertz CT molecular complexity index is 508. The first-order valence-electron chi connectivity index (χ1n) is 6.69. The van der Waals surface area contributed by atoms with Gasteiger partial charge in [-0.25, -0.2) is 0 Å². The number of aliphatic hydroxyl groups is 1. The number of piperidine rings is 1. The second-order valence-corrected chi connectivity index (χ2v) is 5.18. The minimum atomic E-state index is -0.504. The van der Waals surface area contributed by atoms with Gasteiger partial charge in [-0.3, -0.25) is 14.9 Å². The molecule has 108 valence electrons. The third-order valence-electron chi connectivity index (χ3n) is 3.91. The largest absolute Gasteiger partial charge is 0.393 e. The van der Waals surface area contributed by atoms with Crippen LogP contribution < -0.4 is 4.90 Å². The third kappa shape index (κ3) is 2.96. The zero-order valence-electron chi connectivity index (χ0n) is 11.4. The predicted octanol–water partition coefficient (Wildman–Crippen LogP) is 2.00. The summed E-state index contributed by atoms with van der Waals surface area (Å²) in [5.74, 6) is 0.281. The number of non-ortho nitro benzene ring substituents is 1. The minimum Gasteiger partial charge on any atom is -0.393 e.